The van der Waals surface area contributed by atoms with Gasteiger partial charge in [0.25, 0.3) is 0 Å². The van der Waals surface area contributed by atoms with Crippen molar-refractivity contribution < 1.29 is 9.47 Å². The van der Waals surface area contributed by atoms with Crippen molar-refractivity contribution in [2.45, 2.75) is 65.5 Å². The third-order valence-corrected chi connectivity index (χ3v) is 8.87. The first kappa shape index (κ1) is 26.9. The van der Waals surface area contributed by atoms with E-state index in [1.165, 1.54) is 38.2 Å². The monoisotopic (exact) mass is 494 g/mol. The molecule has 3 aromatic rings. The Balaban J connectivity index is 2.09. The van der Waals surface area contributed by atoms with Gasteiger partial charge in [0.2, 0.25) is 0 Å². The van der Waals surface area contributed by atoms with Gasteiger partial charge in [-0.3, -0.25) is 0 Å². The summed E-state index contributed by atoms with van der Waals surface area (Å²) in [6.07, 6.45) is 1.06. The summed E-state index contributed by atoms with van der Waals surface area (Å²) in [4.78, 5) is 0. The summed E-state index contributed by atoms with van der Waals surface area (Å²) >= 11 is 0. The smallest absolute Gasteiger partial charge is 0.188 e. The van der Waals surface area contributed by atoms with Crippen molar-refractivity contribution in [1.82, 2.24) is 0 Å². The van der Waals surface area contributed by atoms with Crippen molar-refractivity contribution in [3.8, 4) is 5.75 Å². The van der Waals surface area contributed by atoms with Crippen molar-refractivity contribution in [3.63, 3.8) is 0 Å². The second kappa shape index (κ2) is 11.3. The molecule has 2 nitrogen and oxygen atoms in total. The maximum atomic E-state index is 6.28. The predicted molar refractivity (Wildman–Crippen MR) is 153 cm³/mol. The molecule has 2 atom stereocenters. The summed E-state index contributed by atoms with van der Waals surface area (Å²) in [7, 11) is 2.98. The minimum Gasteiger partial charge on any atom is -0.467 e. The molecule has 182 valence electrons. The molecule has 34 heavy (non-hydrogen) atoms. The quantitative estimate of drug-likeness (QED) is 0.256. The molecule has 0 N–H and O–H groups in total. The lowest BCUT2D eigenvalue weighted by molar-refractivity contribution is 0.0506. The molecular formula is C30H40O2P2. The van der Waals surface area contributed by atoms with Gasteiger partial charge in [-0.2, -0.15) is 0 Å². The molecule has 0 bridgehead atoms. The van der Waals surface area contributed by atoms with Crippen LogP contribution in [0.1, 0.15) is 63.8 Å². The van der Waals surface area contributed by atoms with Crippen molar-refractivity contribution in [2.24, 2.45) is 0 Å². The maximum absolute atomic E-state index is 6.28. The van der Waals surface area contributed by atoms with Gasteiger partial charge in [-0.05, 0) is 57.3 Å². The van der Waals surface area contributed by atoms with Gasteiger partial charge in [0.15, 0.2) is 6.79 Å². The molecule has 0 fully saturated rings. The first-order chi connectivity index (χ1) is 16.0. The van der Waals surface area contributed by atoms with Crippen LogP contribution in [0, 0.1) is 6.92 Å². The molecule has 4 heteroatoms. The van der Waals surface area contributed by atoms with E-state index in [2.05, 4.69) is 109 Å². The van der Waals surface area contributed by atoms with E-state index in [1.807, 2.05) is 0 Å². The fourth-order valence-electron chi connectivity index (χ4n) is 3.93. The summed E-state index contributed by atoms with van der Waals surface area (Å²) in [6.45, 7) is 16.2. The van der Waals surface area contributed by atoms with E-state index < -0.39 is 0 Å². The van der Waals surface area contributed by atoms with Crippen molar-refractivity contribution >= 4 is 33.1 Å². The zero-order valence-electron chi connectivity index (χ0n) is 22.0. The Morgan fingerprint density at radius 3 is 2.15 bits per heavy atom. The van der Waals surface area contributed by atoms with E-state index in [-0.39, 0.29) is 17.6 Å². The van der Waals surface area contributed by atoms with Crippen LogP contribution in [0.4, 0.5) is 0 Å². The highest BCUT2D eigenvalue weighted by Gasteiger charge is 2.26. The Morgan fingerprint density at radius 1 is 0.824 bits per heavy atom. The zero-order chi connectivity index (χ0) is 24.9. The van der Waals surface area contributed by atoms with Crippen LogP contribution in [-0.2, 0) is 21.7 Å². The number of benzene rings is 3. The van der Waals surface area contributed by atoms with E-state index in [0.717, 1.165) is 20.5 Å². The van der Waals surface area contributed by atoms with Crippen LogP contribution in [-0.4, -0.2) is 13.9 Å². The molecule has 0 saturated carbocycles. The van der Waals surface area contributed by atoms with Crippen LogP contribution in [0.5, 0.6) is 5.75 Å². The molecule has 0 aromatic heterocycles. The molecule has 0 aliphatic carbocycles. The first-order valence-electron chi connectivity index (χ1n) is 12.0. The third kappa shape index (κ3) is 6.91. The standard InChI is InChI=1S/C30H40O2P2/c1-21-13-12-14-22(19-33-24-15-10-9-11-16-24)28(21)34-26-18-23(29(2,3)4)17-25(30(5,6)7)27(26)32-20-31-8/h9-18,33-34H,19-20H2,1-8H3. The van der Waals surface area contributed by atoms with Crippen LogP contribution in [0.15, 0.2) is 60.7 Å². The molecule has 3 rings (SSSR count). The molecule has 0 aliphatic rings. The number of hydrogen-bond acceptors (Lipinski definition) is 2. The van der Waals surface area contributed by atoms with Gasteiger partial charge in [0.1, 0.15) is 5.75 Å². The average Bonchev–Trinajstić information content (AvgIpc) is 2.77. The molecule has 3 aromatic carbocycles. The lowest BCUT2D eigenvalue weighted by Gasteiger charge is -2.29. The normalized spacial score (nSPS) is 12.8. The average molecular weight is 495 g/mol. The fourth-order valence-corrected chi connectivity index (χ4v) is 6.65. The Bertz CT molecular complexity index is 1090. The topological polar surface area (TPSA) is 18.5 Å². The van der Waals surface area contributed by atoms with Crippen LogP contribution < -0.4 is 20.7 Å². The molecule has 0 heterocycles. The summed E-state index contributed by atoms with van der Waals surface area (Å²) in [5, 5.41) is 4.12. The van der Waals surface area contributed by atoms with E-state index in [9.17, 15) is 0 Å². The van der Waals surface area contributed by atoms with Gasteiger partial charge < -0.3 is 9.47 Å². The highest BCUT2D eigenvalue weighted by molar-refractivity contribution is 7.56. The predicted octanol–water partition coefficient (Wildman–Crippen LogP) is 6.71. The van der Waals surface area contributed by atoms with E-state index in [4.69, 9.17) is 9.47 Å². The van der Waals surface area contributed by atoms with Gasteiger partial charge in [-0.25, -0.2) is 0 Å². The van der Waals surface area contributed by atoms with Crippen molar-refractivity contribution in [1.29, 1.82) is 0 Å². The van der Waals surface area contributed by atoms with Crippen LogP contribution in [0.25, 0.3) is 0 Å². The minimum atomic E-state index is -0.0349. The Kier molecular flexibility index (Phi) is 8.97. The maximum Gasteiger partial charge on any atom is 0.188 e. The van der Waals surface area contributed by atoms with Gasteiger partial charge in [0, 0.05) is 18.0 Å². The highest BCUT2D eigenvalue weighted by atomic mass is 31.1. The Hall–Kier alpha value is -1.72. The number of aryl methyl sites for hydroxylation is 1. The van der Waals surface area contributed by atoms with Crippen molar-refractivity contribution in [3.05, 3.63) is 82.9 Å². The van der Waals surface area contributed by atoms with E-state index >= 15 is 0 Å². The molecule has 0 amide bonds. The summed E-state index contributed by atoms with van der Waals surface area (Å²) in [5.74, 6) is 0.986. The number of hydrogen-bond donors (Lipinski definition) is 0. The lowest BCUT2D eigenvalue weighted by Crippen LogP contribution is -2.24. The summed E-state index contributed by atoms with van der Waals surface area (Å²) < 4.78 is 11.6. The third-order valence-electron chi connectivity index (χ3n) is 5.96. The Morgan fingerprint density at radius 2 is 1.53 bits per heavy atom. The Labute approximate surface area is 210 Å². The zero-order valence-corrected chi connectivity index (χ0v) is 24.0. The highest BCUT2D eigenvalue weighted by Crippen LogP contribution is 2.38. The van der Waals surface area contributed by atoms with E-state index in [1.54, 1.807) is 7.11 Å². The summed E-state index contributed by atoms with van der Waals surface area (Å²) in [6, 6.07) is 22.3. The summed E-state index contributed by atoms with van der Waals surface area (Å²) in [5.41, 5.74) is 5.42. The molecule has 0 radical (unpaired) electrons. The first-order valence-corrected chi connectivity index (χ1v) is 14.2. The lowest BCUT2D eigenvalue weighted by atomic mass is 9.80. The second-order valence-electron chi connectivity index (χ2n) is 10.9. The van der Waals surface area contributed by atoms with Crippen molar-refractivity contribution in [2.75, 3.05) is 13.9 Å². The fraction of sp³-hybridized carbons (Fsp3) is 0.400. The molecule has 0 saturated heterocycles. The van der Waals surface area contributed by atoms with Crippen LogP contribution in [0.2, 0.25) is 0 Å². The molecule has 2 unspecified atom stereocenters. The van der Waals surface area contributed by atoms with Gasteiger partial charge in [-0.1, -0.05) is 113 Å². The van der Waals surface area contributed by atoms with Gasteiger partial charge in [0.05, 0.1) is 0 Å². The van der Waals surface area contributed by atoms with E-state index in [0.29, 0.717) is 8.58 Å². The molecule has 0 aliphatic heterocycles. The largest absolute Gasteiger partial charge is 0.467 e. The van der Waals surface area contributed by atoms with Crippen LogP contribution in [0.3, 0.4) is 0 Å². The SMILES string of the molecule is COCOc1c(Pc2c(C)cccc2CPc2ccccc2)cc(C(C)(C)C)cc1C(C)(C)C. The molecule has 0 spiro atoms. The van der Waals surface area contributed by atoms with Gasteiger partial charge >= 0.3 is 0 Å². The number of ether oxygens (including phenoxy) is 2. The van der Waals surface area contributed by atoms with Crippen LogP contribution >= 0.6 is 17.2 Å². The second-order valence-corrected chi connectivity index (χ2v) is 13.5. The molecular weight excluding hydrogens is 454 g/mol. The minimum absolute atomic E-state index is 0.0349. The van der Waals surface area contributed by atoms with Gasteiger partial charge in [-0.15, -0.1) is 0 Å². The number of rotatable bonds is 8. The number of methoxy groups -OCH3 is 1.